The van der Waals surface area contributed by atoms with E-state index in [1.807, 2.05) is 38.1 Å². The second-order valence-electron chi connectivity index (χ2n) is 3.60. The van der Waals surface area contributed by atoms with Gasteiger partial charge in [-0.25, -0.2) is 0 Å². The maximum atomic E-state index is 12.2. The monoisotopic (exact) mass is 337 g/mol. The molecule has 0 saturated heterocycles. The Balaban J connectivity index is 2.61. The van der Waals surface area contributed by atoms with E-state index in [0.717, 1.165) is 21.4 Å². The van der Waals surface area contributed by atoms with Crippen molar-refractivity contribution >= 4 is 46.5 Å². The van der Waals surface area contributed by atoms with Gasteiger partial charge >= 0.3 is 6.72 Å². The Morgan fingerprint density at radius 2 is 2.05 bits per heavy atom. The SMILES string of the molecule is CCSP(=O)(N=C(C)SCc1ccc(Cl)cc1)OC. The molecular weight excluding hydrogens is 321 g/mol. The van der Waals surface area contributed by atoms with Gasteiger partial charge < -0.3 is 4.52 Å². The summed E-state index contributed by atoms with van der Waals surface area (Å²) in [4.78, 5) is 0. The lowest BCUT2D eigenvalue weighted by Gasteiger charge is -2.10. The molecule has 0 N–H and O–H groups in total. The molecule has 0 radical (unpaired) electrons. The van der Waals surface area contributed by atoms with Crippen LogP contribution < -0.4 is 0 Å². The van der Waals surface area contributed by atoms with Gasteiger partial charge in [0, 0.05) is 23.6 Å². The smallest absolute Gasteiger partial charge is 0.308 e. The van der Waals surface area contributed by atoms with Crippen molar-refractivity contribution in [1.82, 2.24) is 0 Å². The van der Waals surface area contributed by atoms with Gasteiger partial charge in [0.05, 0.1) is 5.04 Å². The first kappa shape index (κ1) is 17.1. The quantitative estimate of drug-likeness (QED) is 0.390. The maximum Gasteiger partial charge on any atom is 0.372 e. The highest BCUT2D eigenvalue weighted by atomic mass is 35.5. The molecule has 1 atom stereocenters. The third kappa shape index (κ3) is 6.37. The lowest BCUT2D eigenvalue weighted by atomic mass is 10.2. The molecule has 0 amide bonds. The van der Waals surface area contributed by atoms with Crippen LogP contribution in [0.1, 0.15) is 19.4 Å². The van der Waals surface area contributed by atoms with Gasteiger partial charge in [0.15, 0.2) is 0 Å². The van der Waals surface area contributed by atoms with E-state index in [1.165, 1.54) is 18.5 Å². The summed E-state index contributed by atoms with van der Waals surface area (Å²) in [5.41, 5.74) is 1.15. The van der Waals surface area contributed by atoms with Crippen LogP contribution in [0.3, 0.4) is 0 Å². The molecule has 7 heteroatoms. The number of hydrogen-bond donors (Lipinski definition) is 0. The summed E-state index contributed by atoms with van der Waals surface area (Å²) >= 11 is 8.62. The number of halogens is 1. The summed E-state index contributed by atoms with van der Waals surface area (Å²) in [6, 6.07) is 7.66. The first-order chi connectivity index (χ1) is 8.99. The zero-order valence-electron chi connectivity index (χ0n) is 11.1. The summed E-state index contributed by atoms with van der Waals surface area (Å²) in [5, 5.41) is 1.49. The van der Waals surface area contributed by atoms with Crippen LogP contribution in [0, 0.1) is 0 Å². The van der Waals surface area contributed by atoms with E-state index in [9.17, 15) is 4.57 Å². The van der Waals surface area contributed by atoms with Crippen LogP contribution in [0.25, 0.3) is 0 Å². The summed E-state index contributed by atoms with van der Waals surface area (Å²) < 4.78 is 21.4. The fourth-order valence-electron chi connectivity index (χ4n) is 1.26. The molecule has 1 aromatic carbocycles. The first-order valence-electron chi connectivity index (χ1n) is 5.73. The lowest BCUT2D eigenvalue weighted by Crippen LogP contribution is -1.88. The van der Waals surface area contributed by atoms with Gasteiger partial charge in [-0.2, -0.15) is 4.76 Å². The summed E-state index contributed by atoms with van der Waals surface area (Å²) in [6.45, 7) is 0.859. The Bertz CT molecular complexity index is 479. The molecule has 0 spiro atoms. The molecule has 0 aliphatic rings. The van der Waals surface area contributed by atoms with Crippen LogP contribution in [-0.4, -0.2) is 17.9 Å². The largest absolute Gasteiger partial charge is 0.372 e. The van der Waals surface area contributed by atoms with Crippen molar-refractivity contribution < 1.29 is 9.09 Å². The van der Waals surface area contributed by atoms with Crippen LogP contribution in [0.15, 0.2) is 29.0 Å². The van der Waals surface area contributed by atoms with Gasteiger partial charge in [0.2, 0.25) is 0 Å². The van der Waals surface area contributed by atoms with E-state index >= 15 is 0 Å². The predicted molar refractivity (Wildman–Crippen MR) is 88.6 cm³/mol. The van der Waals surface area contributed by atoms with E-state index in [0.29, 0.717) is 5.75 Å². The fourth-order valence-corrected chi connectivity index (χ4v) is 5.41. The van der Waals surface area contributed by atoms with E-state index in [-0.39, 0.29) is 0 Å². The molecule has 1 rings (SSSR count). The molecule has 0 saturated carbocycles. The second-order valence-corrected chi connectivity index (χ2v) is 9.70. The first-order valence-corrected chi connectivity index (χ1v) is 10.3. The van der Waals surface area contributed by atoms with Gasteiger partial charge in [-0.15, -0.1) is 11.8 Å². The van der Waals surface area contributed by atoms with E-state index in [1.54, 1.807) is 11.8 Å². The molecule has 0 aromatic heterocycles. The topological polar surface area (TPSA) is 38.7 Å². The molecule has 1 aromatic rings. The molecule has 106 valence electrons. The maximum absolute atomic E-state index is 12.2. The number of nitrogens with zero attached hydrogens (tertiary/aromatic N) is 1. The molecular formula is C12H17ClNO2PS2. The van der Waals surface area contributed by atoms with Crippen LogP contribution >= 0.6 is 41.5 Å². The van der Waals surface area contributed by atoms with Crippen molar-refractivity contribution in [2.75, 3.05) is 12.9 Å². The highest BCUT2D eigenvalue weighted by Crippen LogP contribution is 2.60. The number of hydrogen-bond acceptors (Lipinski definition) is 4. The van der Waals surface area contributed by atoms with Gasteiger partial charge in [-0.05, 0) is 36.0 Å². The average Bonchev–Trinajstić information content (AvgIpc) is 2.38. The molecule has 3 nitrogen and oxygen atoms in total. The van der Waals surface area contributed by atoms with Crippen molar-refractivity contribution in [3.8, 4) is 0 Å². The number of benzene rings is 1. The van der Waals surface area contributed by atoms with Gasteiger partial charge in [0.25, 0.3) is 0 Å². The Labute approximate surface area is 127 Å². The van der Waals surface area contributed by atoms with Crippen molar-refractivity contribution in [3.05, 3.63) is 34.9 Å². The number of thioether (sulfide) groups is 1. The van der Waals surface area contributed by atoms with Crippen LogP contribution in [-0.2, 0) is 14.8 Å². The highest BCUT2D eigenvalue weighted by molar-refractivity contribution is 8.56. The van der Waals surface area contributed by atoms with E-state index in [4.69, 9.17) is 16.1 Å². The minimum atomic E-state index is -2.92. The molecule has 0 aliphatic carbocycles. The molecule has 0 aliphatic heterocycles. The third-order valence-corrected chi connectivity index (χ3v) is 7.56. The highest BCUT2D eigenvalue weighted by Gasteiger charge is 2.20. The summed E-state index contributed by atoms with van der Waals surface area (Å²) in [7, 11) is 1.43. The van der Waals surface area contributed by atoms with Crippen molar-refractivity contribution in [2.24, 2.45) is 4.76 Å². The van der Waals surface area contributed by atoms with Gasteiger partial charge in [-0.3, -0.25) is 4.57 Å². The molecule has 0 bridgehead atoms. The number of rotatable bonds is 6. The minimum absolute atomic E-state index is 0.712. The molecule has 0 fully saturated rings. The summed E-state index contributed by atoms with van der Waals surface area (Å²) in [6.07, 6.45) is 0. The standard InChI is InChI=1S/C12H17ClNO2PS2/c1-4-19-17(15,16-3)14-10(2)18-9-11-5-7-12(13)8-6-11/h5-8H,4,9H2,1-3H3. The Hall–Kier alpha value is 0.0700. The Kier molecular flexibility index (Phi) is 7.55. The van der Waals surface area contributed by atoms with E-state index < -0.39 is 6.72 Å². The van der Waals surface area contributed by atoms with Crippen molar-refractivity contribution in [1.29, 1.82) is 0 Å². The van der Waals surface area contributed by atoms with Crippen LogP contribution in [0.2, 0.25) is 5.02 Å². The lowest BCUT2D eigenvalue weighted by molar-refractivity contribution is 0.411. The van der Waals surface area contributed by atoms with Crippen molar-refractivity contribution in [2.45, 2.75) is 19.6 Å². The fraction of sp³-hybridized carbons (Fsp3) is 0.417. The molecule has 1 unspecified atom stereocenters. The predicted octanol–water partition coefficient (Wildman–Crippen LogP) is 5.50. The minimum Gasteiger partial charge on any atom is -0.308 e. The average molecular weight is 338 g/mol. The molecule has 0 heterocycles. The Morgan fingerprint density at radius 3 is 2.58 bits per heavy atom. The summed E-state index contributed by atoms with van der Waals surface area (Å²) in [5.74, 6) is 1.48. The van der Waals surface area contributed by atoms with Gasteiger partial charge in [0.1, 0.15) is 0 Å². The van der Waals surface area contributed by atoms with Crippen LogP contribution in [0.5, 0.6) is 0 Å². The van der Waals surface area contributed by atoms with Crippen molar-refractivity contribution in [3.63, 3.8) is 0 Å². The molecule has 19 heavy (non-hydrogen) atoms. The third-order valence-electron chi connectivity index (χ3n) is 2.15. The van der Waals surface area contributed by atoms with Gasteiger partial charge in [-0.1, -0.05) is 30.7 Å². The zero-order chi connectivity index (χ0) is 14.3. The normalized spacial score (nSPS) is 15.3. The zero-order valence-corrected chi connectivity index (χ0v) is 14.4. The Morgan fingerprint density at radius 1 is 1.42 bits per heavy atom. The second kappa shape index (κ2) is 8.38. The van der Waals surface area contributed by atoms with E-state index in [2.05, 4.69) is 4.76 Å². The van der Waals surface area contributed by atoms with Crippen LogP contribution in [0.4, 0.5) is 0 Å².